The smallest absolute Gasteiger partial charge is 0.316 e. The summed E-state index contributed by atoms with van der Waals surface area (Å²) < 4.78 is 0. The maximum absolute atomic E-state index is 11.2. The molecule has 0 heterocycles. The molecular formula is C12H15ClN4O. The zero-order chi connectivity index (χ0) is 13.5. The first-order chi connectivity index (χ1) is 8.54. The van der Waals surface area contributed by atoms with Crippen molar-refractivity contribution < 1.29 is 4.79 Å². The molecule has 18 heavy (non-hydrogen) atoms. The van der Waals surface area contributed by atoms with Gasteiger partial charge in [-0.15, -0.1) is 0 Å². The van der Waals surface area contributed by atoms with Crippen LogP contribution in [0.25, 0.3) is 0 Å². The van der Waals surface area contributed by atoms with Gasteiger partial charge in [-0.3, -0.25) is 0 Å². The van der Waals surface area contributed by atoms with Gasteiger partial charge in [-0.1, -0.05) is 11.6 Å². The highest BCUT2D eigenvalue weighted by atomic mass is 35.5. The van der Waals surface area contributed by atoms with Crippen LogP contribution in [0.4, 0.5) is 10.5 Å². The van der Waals surface area contributed by atoms with Gasteiger partial charge in [0.2, 0.25) is 0 Å². The summed E-state index contributed by atoms with van der Waals surface area (Å²) in [5, 5.41) is 15.2. The third-order valence-electron chi connectivity index (χ3n) is 2.22. The summed E-state index contributed by atoms with van der Waals surface area (Å²) in [4.78, 5) is 12.7. The van der Waals surface area contributed by atoms with Crippen molar-refractivity contribution in [2.75, 3.05) is 32.5 Å². The molecule has 0 aromatic heterocycles. The predicted molar refractivity (Wildman–Crippen MR) is 71.7 cm³/mol. The Kier molecular flexibility index (Phi) is 5.28. The lowest BCUT2D eigenvalue weighted by molar-refractivity contribution is 0.218. The Morgan fingerprint density at radius 2 is 2.17 bits per heavy atom. The second kappa shape index (κ2) is 6.72. The van der Waals surface area contributed by atoms with E-state index in [4.69, 9.17) is 16.9 Å². The lowest BCUT2D eigenvalue weighted by atomic mass is 10.2. The molecule has 0 unspecified atom stereocenters. The molecular weight excluding hydrogens is 252 g/mol. The van der Waals surface area contributed by atoms with E-state index in [0.717, 1.165) is 0 Å². The van der Waals surface area contributed by atoms with Crippen molar-refractivity contribution in [3.8, 4) is 6.07 Å². The minimum atomic E-state index is -0.145. The highest BCUT2D eigenvalue weighted by molar-refractivity contribution is 6.30. The fourth-order valence-electron chi connectivity index (χ4n) is 1.29. The largest absolute Gasteiger partial charge is 0.382 e. The lowest BCUT2D eigenvalue weighted by Gasteiger charge is -2.13. The van der Waals surface area contributed by atoms with E-state index >= 15 is 0 Å². The van der Waals surface area contributed by atoms with Gasteiger partial charge in [0, 0.05) is 32.2 Å². The molecule has 0 bridgehead atoms. The summed E-state index contributed by atoms with van der Waals surface area (Å²) in [5.41, 5.74) is 1.20. The van der Waals surface area contributed by atoms with E-state index in [1.807, 2.05) is 0 Å². The van der Waals surface area contributed by atoms with Gasteiger partial charge in [0.1, 0.15) is 6.07 Å². The standard InChI is InChI=1S/C12H15ClN4O/c1-17(2)12(18)16-6-5-15-11-4-3-10(13)7-9(11)8-14/h3-4,7,15H,5-6H2,1-2H3,(H,16,18). The molecule has 0 aliphatic heterocycles. The van der Waals surface area contributed by atoms with Crippen LogP contribution in [0.1, 0.15) is 5.56 Å². The van der Waals surface area contributed by atoms with E-state index in [-0.39, 0.29) is 6.03 Å². The van der Waals surface area contributed by atoms with Crippen molar-refractivity contribution in [3.05, 3.63) is 28.8 Å². The zero-order valence-corrected chi connectivity index (χ0v) is 11.1. The maximum atomic E-state index is 11.2. The maximum Gasteiger partial charge on any atom is 0.316 e. The van der Waals surface area contributed by atoms with Gasteiger partial charge >= 0.3 is 6.03 Å². The van der Waals surface area contributed by atoms with E-state index in [2.05, 4.69) is 16.7 Å². The third-order valence-corrected chi connectivity index (χ3v) is 2.46. The molecule has 0 aliphatic rings. The number of hydrogen-bond acceptors (Lipinski definition) is 3. The summed E-state index contributed by atoms with van der Waals surface area (Å²) >= 11 is 5.79. The first-order valence-electron chi connectivity index (χ1n) is 5.43. The molecule has 6 heteroatoms. The Morgan fingerprint density at radius 3 is 2.78 bits per heavy atom. The first-order valence-corrected chi connectivity index (χ1v) is 5.81. The van der Waals surface area contributed by atoms with Crippen LogP contribution in [0.3, 0.4) is 0 Å². The second-order valence-electron chi connectivity index (χ2n) is 3.85. The molecule has 0 spiro atoms. The summed E-state index contributed by atoms with van der Waals surface area (Å²) in [5.74, 6) is 0. The van der Waals surface area contributed by atoms with Crippen molar-refractivity contribution in [3.63, 3.8) is 0 Å². The number of halogens is 1. The molecule has 2 amide bonds. The lowest BCUT2D eigenvalue weighted by Crippen LogP contribution is -2.37. The van der Waals surface area contributed by atoms with Gasteiger partial charge in [-0.05, 0) is 18.2 Å². The fraction of sp³-hybridized carbons (Fsp3) is 0.333. The molecule has 2 N–H and O–H groups in total. The number of carbonyl (C=O) groups is 1. The molecule has 0 radical (unpaired) electrons. The topological polar surface area (TPSA) is 68.2 Å². The van der Waals surface area contributed by atoms with E-state index in [0.29, 0.717) is 29.4 Å². The Hall–Kier alpha value is -1.93. The SMILES string of the molecule is CN(C)C(=O)NCCNc1ccc(Cl)cc1C#N. The van der Waals surface area contributed by atoms with Gasteiger partial charge in [0.05, 0.1) is 11.3 Å². The minimum Gasteiger partial charge on any atom is -0.382 e. The number of anilines is 1. The molecule has 0 atom stereocenters. The monoisotopic (exact) mass is 266 g/mol. The van der Waals surface area contributed by atoms with E-state index < -0.39 is 0 Å². The fourth-order valence-corrected chi connectivity index (χ4v) is 1.46. The van der Waals surface area contributed by atoms with Crippen LogP contribution in [-0.4, -0.2) is 38.1 Å². The number of benzene rings is 1. The van der Waals surface area contributed by atoms with Gasteiger partial charge in [-0.2, -0.15) is 5.26 Å². The van der Waals surface area contributed by atoms with Crippen LogP contribution < -0.4 is 10.6 Å². The van der Waals surface area contributed by atoms with Crippen molar-refractivity contribution >= 4 is 23.3 Å². The zero-order valence-electron chi connectivity index (χ0n) is 10.3. The van der Waals surface area contributed by atoms with Crippen LogP contribution in [0, 0.1) is 11.3 Å². The van der Waals surface area contributed by atoms with Crippen molar-refractivity contribution in [1.29, 1.82) is 5.26 Å². The normalized spacial score (nSPS) is 9.44. The Labute approximate surface area is 111 Å². The molecule has 1 aromatic rings. The summed E-state index contributed by atoms with van der Waals surface area (Å²) in [6.07, 6.45) is 0. The summed E-state index contributed by atoms with van der Waals surface area (Å²) in [6, 6.07) is 6.97. The predicted octanol–water partition coefficient (Wildman–Crippen LogP) is 1.89. The number of nitrogens with zero attached hydrogens (tertiary/aromatic N) is 2. The van der Waals surface area contributed by atoms with Gasteiger partial charge in [0.25, 0.3) is 0 Å². The van der Waals surface area contributed by atoms with Crippen LogP contribution in [-0.2, 0) is 0 Å². The van der Waals surface area contributed by atoms with Gasteiger partial charge in [-0.25, -0.2) is 4.79 Å². The van der Waals surface area contributed by atoms with Gasteiger partial charge < -0.3 is 15.5 Å². The summed E-state index contributed by atoms with van der Waals surface area (Å²) in [7, 11) is 3.35. The molecule has 0 saturated heterocycles. The number of hydrogen-bond donors (Lipinski definition) is 2. The summed E-state index contributed by atoms with van der Waals surface area (Å²) in [6.45, 7) is 1.01. The second-order valence-corrected chi connectivity index (χ2v) is 4.29. The van der Waals surface area contributed by atoms with Crippen LogP contribution in [0.15, 0.2) is 18.2 Å². The minimum absolute atomic E-state index is 0.145. The molecule has 5 nitrogen and oxygen atoms in total. The first kappa shape index (κ1) is 14.1. The number of rotatable bonds is 4. The number of urea groups is 1. The van der Waals surface area contributed by atoms with E-state index in [1.54, 1.807) is 32.3 Å². The third kappa shape index (κ3) is 4.15. The van der Waals surface area contributed by atoms with Gasteiger partial charge in [0.15, 0.2) is 0 Å². The highest BCUT2D eigenvalue weighted by Crippen LogP contribution is 2.19. The van der Waals surface area contributed by atoms with E-state index in [9.17, 15) is 4.79 Å². The number of amides is 2. The Balaban J connectivity index is 2.45. The molecule has 0 fully saturated rings. The Bertz CT molecular complexity index is 468. The van der Waals surface area contributed by atoms with Crippen molar-refractivity contribution in [2.24, 2.45) is 0 Å². The van der Waals surface area contributed by atoms with Crippen LogP contribution in [0.5, 0.6) is 0 Å². The number of nitrogens with one attached hydrogen (secondary N) is 2. The molecule has 0 saturated carbocycles. The number of nitriles is 1. The molecule has 1 rings (SSSR count). The van der Waals surface area contributed by atoms with Crippen molar-refractivity contribution in [1.82, 2.24) is 10.2 Å². The molecule has 96 valence electrons. The highest BCUT2D eigenvalue weighted by Gasteiger charge is 2.03. The number of carbonyl (C=O) groups excluding carboxylic acids is 1. The van der Waals surface area contributed by atoms with Crippen LogP contribution >= 0.6 is 11.6 Å². The van der Waals surface area contributed by atoms with Crippen molar-refractivity contribution in [2.45, 2.75) is 0 Å². The average molecular weight is 267 g/mol. The average Bonchev–Trinajstić information content (AvgIpc) is 2.35. The quantitative estimate of drug-likeness (QED) is 0.818. The Morgan fingerprint density at radius 1 is 1.44 bits per heavy atom. The van der Waals surface area contributed by atoms with Crippen LogP contribution in [0.2, 0.25) is 5.02 Å². The van der Waals surface area contributed by atoms with E-state index in [1.165, 1.54) is 4.90 Å². The molecule has 1 aromatic carbocycles. The molecule has 0 aliphatic carbocycles.